The maximum atomic E-state index is 14.1. The minimum Gasteiger partial charge on any atom is -0.362 e. The van der Waals surface area contributed by atoms with Crippen molar-refractivity contribution in [2.45, 2.75) is 25.2 Å². The van der Waals surface area contributed by atoms with Crippen LogP contribution in [0.25, 0.3) is 11.3 Å². The van der Waals surface area contributed by atoms with Crippen LogP contribution < -0.4 is 5.01 Å². The molecule has 0 saturated carbocycles. The van der Waals surface area contributed by atoms with Gasteiger partial charge in [-0.25, -0.2) is 4.98 Å². The van der Waals surface area contributed by atoms with Crippen LogP contribution in [-0.2, 0) is 6.42 Å². The van der Waals surface area contributed by atoms with Crippen molar-refractivity contribution < 1.29 is 18.3 Å². The predicted octanol–water partition coefficient (Wildman–Crippen LogP) is 4.77. The number of hydrogen-bond acceptors (Lipinski definition) is 5. The van der Waals surface area contributed by atoms with Gasteiger partial charge < -0.3 is 5.11 Å². The van der Waals surface area contributed by atoms with Crippen LogP contribution in [-0.4, -0.2) is 27.7 Å². The SMILES string of the molecule is Cc1ccc(-c2csc(N3N=C4c5ccccc5C[C@@H]4[C@@]3(O)C(F)(F)F)n2)cc1. The van der Waals surface area contributed by atoms with Crippen molar-refractivity contribution in [3.63, 3.8) is 0 Å². The molecule has 2 atom stereocenters. The summed E-state index contributed by atoms with van der Waals surface area (Å²) in [6.07, 6.45) is -4.82. The van der Waals surface area contributed by atoms with E-state index in [2.05, 4.69) is 10.1 Å². The molecule has 29 heavy (non-hydrogen) atoms. The third-order valence-corrected chi connectivity index (χ3v) is 6.32. The van der Waals surface area contributed by atoms with Crippen molar-refractivity contribution in [2.24, 2.45) is 11.0 Å². The lowest BCUT2D eigenvalue weighted by Gasteiger charge is -2.36. The molecule has 2 aromatic carbocycles. The molecular formula is C21H16F3N3OS. The van der Waals surface area contributed by atoms with E-state index in [0.717, 1.165) is 28.0 Å². The largest absolute Gasteiger partial charge is 0.439 e. The smallest absolute Gasteiger partial charge is 0.362 e. The first kappa shape index (κ1) is 18.3. The summed E-state index contributed by atoms with van der Waals surface area (Å²) in [4.78, 5) is 4.36. The lowest BCUT2D eigenvalue weighted by molar-refractivity contribution is -0.267. The van der Waals surface area contributed by atoms with Gasteiger partial charge in [-0.05, 0) is 18.9 Å². The molecule has 0 unspecified atom stereocenters. The second-order valence-electron chi connectivity index (χ2n) is 7.32. The number of benzene rings is 2. The Morgan fingerprint density at radius 3 is 2.59 bits per heavy atom. The zero-order chi connectivity index (χ0) is 20.4. The third-order valence-electron chi connectivity index (χ3n) is 5.50. The molecule has 1 aromatic heterocycles. The fourth-order valence-corrected chi connectivity index (χ4v) is 4.80. The molecule has 1 aliphatic heterocycles. The van der Waals surface area contributed by atoms with E-state index in [1.54, 1.807) is 29.6 Å². The van der Waals surface area contributed by atoms with Gasteiger partial charge in [-0.1, -0.05) is 54.1 Å². The van der Waals surface area contributed by atoms with Gasteiger partial charge in [-0.2, -0.15) is 23.3 Å². The maximum Gasteiger partial charge on any atom is 0.439 e. The predicted molar refractivity (Wildman–Crippen MR) is 106 cm³/mol. The van der Waals surface area contributed by atoms with Crippen LogP contribution in [0.4, 0.5) is 18.3 Å². The van der Waals surface area contributed by atoms with Gasteiger partial charge in [0.1, 0.15) is 0 Å². The Morgan fingerprint density at radius 2 is 1.86 bits per heavy atom. The molecule has 3 aromatic rings. The summed E-state index contributed by atoms with van der Waals surface area (Å²) in [5.41, 5.74) is 0.957. The number of aryl methyl sites for hydroxylation is 1. The van der Waals surface area contributed by atoms with E-state index in [-0.39, 0.29) is 17.3 Å². The van der Waals surface area contributed by atoms with Crippen LogP contribution in [0.15, 0.2) is 59.0 Å². The Kier molecular flexibility index (Phi) is 3.88. The molecule has 0 spiro atoms. The average Bonchev–Trinajstić information content (AvgIpc) is 3.36. The zero-order valence-electron chi connectivity index (χ0n) is 15.3. The molecule has 0 radical (unpaired) electrons. The van der Waals surface area contributed by atoms with E-state index in [4.69, 9.17) is 0 Å². The molecule has 8 heteroatoms. The molecule has 2 heterocycles. The number of fused-ring (bicyclic) bond motifs is 3. The summed E-state index contributed by atoms with van der Waals surface area (Å²) in [6.45, 7) is 1.95. The van der Waals surface area contributed by atoms with Crippen molar-refractivity contribution >= 4 is 22.2 Å². The Bertz CT molecular complexity index is 1120. The average molecular weight is 415 g/mol. The number of halogens is 3. The highest BCUT2D eigenvalue weighted by Gasteiger charge is 2.69. The van der Waals surface area contributed by atoms with Gasteiger partial charge >= 0.3 is 6.18 Å². The standard InChI is InChI=1S/C21H16F3N3OS/c1-12-6-8-13(9-7-12)17-11-29-19(25-17)27-20(28,21(22,23)24)16-10-14-4-2-3-5-15(14)18(16)26-27/h2-9,11,16,28H,10H2,1H3/t16-,20+/m0/s1. The number of hydrazone groups is 1. The van der Waals surface area contributed by atoms with Crippen LogP contribution in [0, 0.1) is 12.8 Å². The molecule has 148 valence electrons. The summed E-state index contributed by atoms with van der Waals surface area (Å²) in [5, 5.41) is 17.5. The number of aliphatic hydroxyl groups is 1. The van der Waals surface area contributed by atoms with Crippen LogP contribution in [0.2, 0.25) is 0 Å². The van der Waals surface area contributed by atoms with Gasteiger partial charge in [0.05, 0.1) is 17.3 Å². The van der Waals surface area contributed by atoms with Crippen LogP contribution in [0.1, 0.15) is 16.7 Å². The molecular weight excluding hydrogens is 399 g/mol. The summed E-state index contributed by atoms with van der Waals surface area (Å²) in [6, 6.07) is 14.6. The minimum atomic E-state index is -4.90. The fraction of sp³-hybridized carbons (Fsp3) is 0.238. The van der Waals surface area contributed by atoms with Crippen molar-refractivity contribution in [1.29, 1.82) is 0 Å². The van der Waals surface area contributed by atoms with Gasteiger partial charge in [-0.3, -0.25) is 0 Å². The Balaban J connectivity index is 1.60. The summed E-state index contributed by atoms with van der Waals surface area (Å²) >= 11 is 1.03. The van der Waals surface area contributed by atoms with Crippen LogP contribution in [0.5, 0.6) is 0 Å². The molecule has 0 amide bonds. The number of anilines is 1. The number of alkyl halides is 3. The molecule has 1 N–H and O–H groups in total. The van der Waals surface area contributed by atoms with Gasteiger partial charge in [0.15, 0.2) is 0 Å². The summed E-state index contributed by atoms with van der Waals surface area (Å²) in [7, 11) is 0. The minimum absolute atomic E-state index is 0.0137. The maximum absolute atomic E-state index is 14.1. The Hall–Kier alpha value is -2.71. The lowest BCUT2D eigenvalue weighted by atomic mass is 9.91. The number of aromatic nitrogens is 1. The second kappa shape index (κ2) is 6.14. The van der Waals surface area contributed by atoms with E-state index in [0.29, 0.717) is 16.3 Å². The molecule has 0 bridgehead atoms. The van der Waals surface area contributed by atoms with Gasteiger partial charge in [0.2, 0.25) is 5.13 Å². The molecule has 5 rings (SSSR count). The number of hydrogen-bond donors (Lipinski definition) is 1. The second-order valence-corrected chi connectivity index (χ2v) is 8.15. The number of nitrogens with zero attached hydrogens (tertiary/aromatic N) is 3. The fourth-order valence-electron chi connectivity index (χ4n) is 3.97. The van der Waals surface area contributed by atoms with E-state index < -0.39 is 17.8 Å². The van der Waals surface area contributed by atoms with Crippen LogP contribution in [0.3, 0.4) is 0 Å². The molecule has 4 nitrogen and oxygen atoms in total. The highest BCUT2D eigenvalue weighted by atomic mass is 32.1. The summed E-state index contributed by atoms with van der Waals surface area (Å²) in [5.74, 6) is -1.19. The topological polar surface area (TPSA) is 48.7 Å². The Morgan fingerprint density at radius 1 is 1.14 bits per heavy atom. The lowest BCUT2D eigenvalue weighted by Crippen LogP contribution is -2.60. The van der Waals surface area contributed by atoms with Crippen molar-refractivity contribution in [1.82, 2.24) is 4.98 Å². The van der Waals surface area contributed by atoms with Gasteiger partial charge in [-0.15, -0.1) is 11.3 Å². The first-order chi connectivity index (χ1) is 13.8. The van der Waals surface area contributed by atoms with E-state index in [9.17, 15) is 18.3 Å². The van der Waals surface area contributed by atoms with Gasteiger partial charge in [0, 0.05) is 16.5 Å². The highest BCUT2D eigenvalue weighted by Crippen LogP contribution is 2.51. The van der Waals surface area contributed by atoms with E-state index >= 15 is 0 Å². The molecule has 2 aliphatic rings. The quantitative estimate of drug-likeness (QED) is 0.656. The van der Waals surface area contributed by atoms with E-state index in [1.165, 1.54) is 0 Å². The summed E-state index contributed by atoms with van der Waals surface area (Å²) < 4.78 is 42.4. The molecule has 0 saturated heterocycles. The van der Waals surface area contributed by atoms with Crippen molar-refractivity contribution in [3.05, 3.63) is 70.6 Å². The zero-order valence-corrected chi connectivity index (χ0v) is 16.1. The first-order valence-electron chi connectivity index (χ1n) is 9.07. The normalized spacial score (nSPS) is 23.1. The van der Waals surface area contributed by atoms with Crippen LogP contribution >= 0.6 is 11.3 Å². The highest BCUT2D eigenvalue weighted by molar-refractivity contribution is 7.14. The first-order valence-corrected chi connectivity index (χ1v) is 9.95. The van der Waals surface area contributed by atoms with E-state index in [1.807, 2.05) is 31.2 Å². The number of rotatable bonds is 2. The monoisotopic (exact) mass is 415 g/mol. The molecule has 0 fully saturated rings. The third kappa shape index (κ3) is 2.63. The molecule has 1 aliphatic carbocycles. The van der Waals surface area contributed by atoms with Crippen molar-refractivity contribution in [3.8, 4) is 11.3 Å². The Labute approximate surface area is 168 Å². The van der Waals surface area contributed by atoms with Gasteiger partial charge in [0.25, 0.3) is 5.72 Å². The number of thiazole rings is 1. The van der Waals surface area contributed by atoms with Crippen molar-refractivity contribution in [2.75, 3.05) is 5.01 Å².